The number of benzene rings is 2. The van der Waals surface area contributed by atoms with Crippen molar-refractivity contribution >= 4 is 33.1 Å². The van der Waals surface area contributed by atoms with Crippen LogP contribution in [0.4, 0.5) is 5.69 Å². The predicted octanol–water partition coefficient (Wildman–Crippen LogP) is 3.10. The molecule has 2 aromatic carbocycles. The van der Waals surface area contributed by atoms with Gasteiger partial charge < -0.3 is 15.0 Å². The Labute approximate surface area is 169 Å². The number of piperidine rings is 1. The number of quaternary nitrogens is 1. The summed E-state index contributed by atoms with van der Waals surface area (Å²) in [7, 11) is 0. The maximum Gasteiger partial charge on any atom is 0.279 e. The first-order valence-corrected chi connectivity index (χ1v) is 10.7. The lowest BCUT2D eigenvalue weighted by molar-refractivity contribution is -0.898. The molecule has 0 saturated carbocycles. The highest BCUT2D eigenvalue weighted by Gasteiger charge is 2.28. The summed E-state index contributed by atoms with van der Waals surface area (Å²) in [6, 6.07) is 15.9. The summed E-state index contributed by atoms with van der Waals surface area (Å²) in [5, 5.41) is 4.22. The molecule has 4 rings (SSSR count). The van der Waals surface area contributed by atoms with E-state index in [0.717, 1.165) is 42.9 Å². The van der Waals surface area contributed by atoms with E-state index < -0.39 is 0 Å². The third-order valence-corrected chi connectivity index (χ3v) is 6.34. The fourth-order valence-corrected chi connectivity index (χ4v) is 4.92. The first-order valence-electron chi connectivity index (χ1n) is 9.93. The highest BCUT2D eigenvalue weighted by Crippen LogP contribution is 2.30. The molecule has 0 aliphatic carbocycles. The van der Waals surface area contributed by atoms with Crippen molar-refractivity contribution in [1.82, 2.24) is 4.98 Å². The molecule has 1 amide bonds. The lowest BCUT2D eigenvalue weighted by Gasteiger charge is -2.28. The minimum atomic E-state index is 0.0594. The largest absolute Gasteiger partial charge is 0.494 e. The molecule has 3 aromatic rings. The van der Waals surface area contributed by atoms with Gasteiger partial charge >= 0.3 is 0 Å². The summed E-state index contributed by atoms with van der Waals surface area (Å²) in [6.45, 7) is 5.10. The highest BCUT2D eigenvalue weighted by atomic mass is 32.1. The fraction of sp³-hybridized carbons (Fsp3) is 0.364. The van der Waals surface area contributed by atoms with Crippen LogP contribution in [-0.2, 0) is 4.79 Å². The Bertz CT molecular complexity index is 905. The van der Waals surface area contributed by atoms with Gasteiger partial charge in [-0.3, -0.25) is 4.79 Å². The van der Waals surface area contributed by atoms with Gasteiger partial charge in [-0.05, 0) is 56.2 Å². The third kappa shape index (κ3) is 4.51. The van der Waals surface area contributed by atoms with E-state index >= 15 is 0 Å². The number of aromatic nitrogens is 1. The molecule has 2 heterocycles. The second-order valence-electron chi connectivity index (χ2n) is 7.25. The van der Waals surface area contributed by atoms with Crippen molar-refractivity contribution in [3.63, 3.8) is 0 Å². The molecule has 5 nitrogen and oxygen atoms in total. The number of fused-ring (bicyclic) bond motifs is 1. The second-order valence-corrected chi connectivity index (χ2v) is 8.31. The van der Waals surface area contributed by atoms with Crippen LogP contribution in [0.15, 0.2) is 48.5 Å². The van der Waals surface area contributed by atoms with Crippen molar-refractivity contribution in [2.24, 2.45) is 0 Å². The number of anilines is 1. The van der Waals surface area contributed by atoms with E-state index in [4.69, 9.17) is 9.72 Å². The predicted molar refractivity (Wildman–Crippen MR) is 113 cm³/mol. The lowest BCUT2D eigenvalue weighted by atomic mass is 9.99. The molecule has 0 radical (unpaired) electrons. The summed E-state index contributed by atoms with van der Waals surface area (Å²) in [5.41, 5.74) is 1.90. The molecule has 1 aliphatic rings. The fourth-order valence-electron chi connectivity index (χ4n) is 3.82. The van der Waals surface area contributed by atoms with Crippen LogP contribution >= 0.6 is 11.3 Å². The molecule has 6 heteroatoms. The highest BCUT2D eigenvalue weighted by molar-refractivity contribution is 7.18. The Morgan fingerprint density at radius 1 is 1.25 bits per heavy atom. The van der Waals surface area contributed by atoms with Gasteiger partial charge in [-0.25, -0.2) is 4.98 Å². The van der Waals surface area contributed by atoms with Crippen molar-refractivity contribution in [3.8, 4) is 5.75 Å². The van der Waals surface area contributed by atoms with Crippen LogP contribution in [0, 0.1) is 0 Å². The molecule has 1 fully saturated rings. The first-order chi connectivity index (χ1) is 13.7. The summed E-state index contributed by atoms with van der Waals surface area (Å²) >= 11 is 1.80. The van der Waals surface area contributed by atoms with Gasteiger partial charge in [0.15, 0.2) is 6.54 Å². The number of thiazole rings is 1. The van der Waals surface area contributed by atoms with E-state index in [2.05, 4.69) is 23.5 Å². The number of carbonyl (C=O) groups is 1. The van der Waals surface area contributed by atoms with E-state index in [1.807, 2.05) is 37.3 Å². The molecule has 146 valence electrons. The number of hydrogen-bond acceptors (Lipinski definition) is 4. The van der Waals surface area contributed by atoms with E-state index in [1.54, 1.807) is 11.3 Å². The number of nitrogens with one attached hydrogen (secondary N) is 2. The summed E-state index contributed by atoms with van der Waals surface area (Å²) in [6.07, 6.45) is 2.29. The number of likely N-dealkylation sites (tertiary alicyclic amines) is 1. The maximum atomic E-state index is 12.5. The number of amides is 1. The average Bonchev–Trinajstić information content (AvgIpc) is 3.14. The number of hydrogen-bond donors (Lipinski definition) is 2. The van der Waals surface area contributed by atoms with E-state index in [-0.39, 0.29) is 5.91 Å². The molecule has 1 aliphatic heterocycles. The normalized spacial score (nSPS) is 19.5. The molecule has 0 bridgehead atoms. The molecule has 1 unspecified atom stereocenters. The SMILES string of the molecule is CCOc1ccc(NC(=O)C[NH+]2CCC[C@@H](c3nc4ccccc4s3)C2)cc1. The number of rotatable bonds is 6. The van der Waals surface area contributed by atoms with Crippen LogP contribution in [0.1, 0.15) is 30.7 Å². The van der Waals surface area contributed by atoms with Crippen molar-refractivity contribution < 1.29 is 14.4 Å². The van der Waals surface area contributed by atoms with E-state index in [1.165, 1.54) is 14.6 Å². The monoisotopic (exact) mass is 396 g/mol. The molecule has 28 heavy (non-hydrogen) atoms. The van der Waals surface area contributed by atoms with Gasteiger partial charge in [-0.15, -0.1) is 11.3 Å². The van der Waals surface area contributed by atoms with Crippen LogP contribution in [-0.4, -0.2) is 37.1 Å². The van der Waals surface area contributed by atoms with Gasteiger partial charge in [0.25, 0.3) is 5.91 Å². The van der Waals surface area contributed by atoms with Gasteiger partial charge in [0, 0.05) is 5.69 Å². The van der Waals surface area contributed by atoms with Crippen molar-refractivity contribution in [3.05, 3.63) is 53.5 Å². The zero-order valence-electron chi connectivity index (χ0n) is 16.1. The van der Waals surface area contributed by atoms with Crippen molar-refractivity contribution in [2.45, 2.75) is 25.7 Å². The number of nitrogens with zero attached hydrogens (tertiary/aromatic N) is 1. The quantitative estimate of drug-likeness (QED) is 0.673. The number of ether oxygens (including phenoxy) is 1. The van der Waals surface area contributed by atoms with Crippen LogP contribution < -0.4 is 15.0 Å². The Balaban J connectivity index is 1.34. The summed E-state index contributed by atoms with van der Waals surface area (Å²) in [5.74, 6) is 1.32. The molecule has 1 aromatic heterocycles. The average molecular weight is 397 g/mol. The zero-order valence-corrected chi connectivity index (χ0v) is 16.9. The minimum absolute atomic E-state index is 0.0594. The standard InChI is InChI=1S/C22H25N3O2S/c1-2-27-18-11-9-17(10-12-18)23-21(26)15-25-13-5-6-16(14-25)22-24-19-7-3-4-8-20(19)28-22/h3-4,7-12,16H,2,5-6,13-15H2,1H3,(H,23,26)/p+1/t16-/m1/s1. The van der Waals surface area contributed by atoms with Gasteiger partial charge in [0.2, 0.25) is 0 Å². The summed E-state index contributed by atoms with van der Waals surface area (Å²) < 4.78 is 6.69. The molecular formula is C22H26N3O2S+. The first kappa shape index (κ1) is 18.9. The Morgan fingerprint density at radius 2 is 2.07 bits per heavy atom. The van der Waals surface area contributed by atoms with E-state index in [9.17, 15) is 4.79 Å². The molecule has 2 atom stereocenters. The smallest absolute Gasteiger partial charge is 0.279 e. The van der Waals surface area contributed by atoms with Gasteiger partial charge in [-0.1, -0.05) is 12.1 Å². The third-order valence-electron chi connectivity index (χ3n) is 5.14. The topological polar surface area (TPSA) is 55.7 Å². The van der Waals surface area contributed by atoms with Gasteiger partial charge in [0.1, 0.15) is 10.8 Å². The zero-order chi connectivity index (χ0) is 19.3. The molecule has 0 spiro atoms. The number of para-hydroxylation sites is 1. The molecular weight excluding hydrogens is 370 g/mol. The van der Waals surface area contributed by atoms with E-state index in [0.29, 0.717) is 19.1 Å². The maximum absolute atomic E-state index is 12.5. The van der Waals surface area contributed by atoms with Crippen molar-refractivity contribution in [2.75, 3.05) is 31.6 Å². The van der Waals surface area contributed by atoms with Crippen LogP contribution in [0.5, 0.6) is 5.75 Å². The summed E-state index contributed by atoms with van der Waals surface area (Å²) in [4.78, 5) is 18.7. The van der Waals surface area contributed by atoms with Crippen LogP contribution in [0.25, 0.3) is 10.2 Å². The Hall–Kier alpha value is -2.44. The lowest BCUT2D eigenvalue weighted by Crippen LogP contribution is -3.14. The van der Waals surface area contributed by atoms with Crippen molar-refractivity contribution in [1.29, 1.82) is 0 Å². The number of carbonyl (C=O) groups excluding carboxylic acids is 1. The minimum Gasteiger partial charge on any atom is -0.494 e. The van der Waals surface area contributed by atoms with Gasteiger partial charge in [-0.2, -0.15) is 0 Å². The Kier molecular flexibility index (Phi) is 5.88. The van der Waals surface area contributed by atoms with Crippen LogP contribution in [0.2, 0.25) is 0 Å². The van der Waals surface area contributed by atoms with Crippen LogP contribution in [0.3, 0.4) is 0 Å². The molecule has 1 saturated heterocycles. The van der Waals surface area contributed by atoms with Gasteiger partial charge in [0.05, 0.1) is 35.8 Å². The Morgan fingerprint density at radius 3 is 2.86 bits per heavy atom. The molecule has 2 N–H and O–H groups in total. The second kappa shape index (κ2) is 8.71.